The third kappa shape index (κ3) is 3.01. The van der Waals surface area contributed by atoms with Gasteiger partial charge >= 0.3 is 0 Å². The summed E-state index contributed by atoms with van der Waals surface area (Å²) in [4.78, 5) is 0. The van der Waals surface area contributed by atoms with Crippen LogP contribution in [0.15, 0.2) is 28.7 Å². The van der Waals surface area contributed by atoms with Crippen LogP contribution in [-0.2, 0) is 0 Å². The molecule has 1 aliphatic carbocycles. The smallest absolute Gasteiger partial charge is 0.137 e. The van der Waals surface area contributed by atoms with Crippen molar-refractivity contribution in [3.8, 4) is 0 Å². The summed E-state index contributed by atoms with van der Waals surface area (Å²) in [6.07, 6.45) is 7.87. The Balaban J connectivity index is 1.72. The number of fused-ring (bicyclic) bond motifs is 1. The molecule has 0 aliphatic heterocycles. The van der Waals surface area contributed by atoms with Crippen molar-refractivity contribution in [1.82, 2.24) is 0 Å². The van der Waals surface area contributed by atoms with Gasteiger partial charge in [0.15, 0.2) is 0 Å². The number of hydrogen-bond donors (Lipinski definition) is 1. The fraction of sp³-hybridized carbons (Fsp3) is 0.579. The van der Waals surface area contributed by atoms with Crippen molar-refractivity contribution >= 4 is 11.0 Å². The number of aryl methyl sites for hydroxylation is 1. The molecule has 114 valence electrons. The summed E-state index contributed by atoms with van der Waals surface area (Å²) < 4.78 is 6.06. The molecule has 1 aliphatic rings. The summed E-state index contributed by atoms with van der Waals surface area (Å²) in [5.74, 6) is 2.48. The van der Waals surface area contributed by atoms with Crippen LogP contribution >= 0.6 is 0 Å². The Morgan fingerprint density at radius 2 is 2.00 bits per heavy atom. The molecule has 2 N–H and O–H groups in total. The molecule has 2 heteroatoms. The first-order chi connectivity index (χ1) is 10.2. The third-order valence-electron chi connectivity index (χ3n) is 5.18. The molecule has 2 aromatic rings. The molecule has 1 atom stereocenters. The Labute approximate surface area is 127 Å². The molecule has 1 saturated carbocycles. The van der Waals surface area contributed by atoms with E-state index >= 15 is 0 Å². The van der Waals surface area contributed by atoms with Gasteiger partial charge in [-0.15, -0.1) is 0 Å². The standard InChI is InChI=1S/C19H27NO/c1-3-5-14-8-10-15(11-9-14)18(20)17-12-16-7-4-6-13(2)19(16)21-17/h4,6-7,12,14-15,18H,3,5,8-11,20H2,1-2H3. The molecule has 21 heavy (non-hydrogen) atoms. The highest BCUT2D eigenvalue weighted by Crippen LogP contribution is 2.38. The fourth-order valence-corrected chi connectivity index (χ4v) is 3.87. The molecule has 0 amide bonds. The van der Waals surface area contributed by atoms with Crippen LogP contribution in [0.5, 0.6) is 0 Å². The zero-order valence-electron chi connectivity index (χ0n) is 13.3. The van der Waals surface area contributed by atoms with Crippen molar-refractivity contribution in [3.05, 3.63) is 35.6 Å². The first-order valence-corrected chi connectivity index (χ1v) is 8.43. The highest BCUT2D eigenvalue weighted by Gasteiger charge is 2.28. The van der Waals surface area contributed by atoms with Gasteiger partial charge in [-0.05, 0) is 43.2 Å². The van der Waals surface area contributed by atoms with E-state index in [0.717, 1.165) is 17.3 Å². The first kappa shape index (κ1) is 14.6. The maximum absolute atomic E-state index is 6.51. The monoisotopic (exact) mass is 285 g/mol. The molecule has 1 heterocycles. The van der Waals surface area contributed by atoms with E-state index in [-0.39, 0.29) is 6.04 Å². The van der Waals surface area contributed by atoms with E-state index in [1.54, 1.807) is 0 Å². The minimum atomic E-state index is 0.0550. The van der Waals surface area contributed by atoms with Gasteiger partial charge in [-0.2, -0.15) is 0 Å². The van der Waals surface area contributed by atoms with Gasteiger partial charge in [0.1, 0.15) is 11.3 Å². The van der Waals surface area contributed by atoms with E-state index in [0.29, 0.717) is 5.92 Å². The van der Waals surface area contributed by atoms with Crippen LogP contribution in [0.4, 0.5) is 0 Å². The minimum absolute atomic E-state index is 0.0550. The number of furan rings is 1. The molecular formula is C19H27NO. The van der Waals surface area contributed by atoms with Crippen molar-refractivity contribution < 1.29 is 4.42 Å². The summed E-state index contributed by atoms with van der Waals surface area (Å²) in [5.41, 5.74) is 8.70. The van der Waals surface area contributed by atoms with Crippen LogP contribution in [0.3, 0.4) is 0 Å². The summed E-state index contributed by atoms with van der Waals surface area (Å²) in [7, 11) is 0. The van der Waals surface area contributed by atoms with Gasteiger partial charge in [-0.3, -0.25) is 0 Å². The Hall–Kier alpha value is -1.28. The summed E-state index contributed by atoms with van der Waals surface area (Å²) in [6.45, 7) is 4.38. The molecular weight excluding hydrogens is 258 g/mol. The predicted molar refractivity (Wildman–Crippen MR) is 88.2 cm³/mol. The van der Waals surface area contributed by atoms with Gasteiger partial charge in [-0.25, -0.2) is 0 Å². The lowest BCUT2D eigenvalue weighted by atomic mass is 9.77. The average Bonchev–Trinajstić information content (AvgIpc) is 2.93. The van der Waals surface area contributed by atoms with Crippen molar-refractivity contribution in [2.75, 3.05) is 0 Å². The molecule has 1 fully saturated rings. The second kappa shape index (κ2) is 6.23. The maximum Gasteiger partial charge on any atom is 0.137 e. The molecule has 0 radical (unpaired) electrons. The van der Waals surface area contributed by atoms with Crippen molar-refractivity contribution in [3.63, 3.8) is 0 Å². The normalized spacial score (nSPS) is 24.3. The van der Waals surface area contributed by atoms with Crippen molar-refractivity contribution in [1.29, 1.82) is 0 Å². The Bertz CT molecular complexity index is 593. The summed E-state index contributed by atoms with van der Waals surface area (Å²) in [6, 6.07) is 8.49. The van der Waals surface area contributed by atoms with Crippen LogP contribution in [0.25, 0.3) is 11.0 Å². The highest BCUT2D eigenvalue weighted by molar-refractivity contribution is 5.81. The largest absolute Gasteiger partial charge is 0.459 e. The van der Waals surface area contributed by atoms with Crippen LogP contribution in [0.1, 0.15) is 62.8 Å². The van der Waals surface area contributed by atoms with Gasteiger partial charge in [-0.1, -0.05) is 50.8 Å². The number of hydrogen-bond acceptors (Lipinski definition) is 2. The molecule has 0 saturated heterocycles. The van der Waals surface area contributed by atoms with Crippen LogP contribution in [0.2, 0.25) is 0 Å². The van der Waals surface area contributed by atoms with Crippen LogP contribution in [0, 0.1) is 18.8 Å². The summed E-state index contributed by atoms with van der Waals surface area (Å²) >= 11 is 0. The first-order valence-electron chi connectivity index (χ1n) is 8.43. The number of para-hydroxylation sites is 1. The Morgan fingerprint density at radius 3 is 2.67 bits per heavy atom. The van der Waals surface area contributed by atoms with Gasteiger partial charge in [0, 0.05) is 5.39 Å². The molecule has 1 aromatic carbocycles. The van der Waals surface area contributed by atoms with E-state index in [1.165, 1.54) is 49.5 Å². The molecule has 0 bridgehead atoms. The molecule has 3 rings (SSSR count). The van der Waals surface area contributed by atoms with Crippen LogP contribution in [-0.4, -0.2) is 0 Å². The number of nitrogens with two attached hydrogens (primary N) is 1. The lowest BCUT2D eigenvalue weighted by Crippen LogP contribution is -2.25. The van der Waals surface area contributed by atoms with Gasteiger partial charge in [0.2, 0.25) is 0 Å². The number of benzene rings is 1. The van der Waals surface area contributed by atoms with Gasteiger partial charge < -0.3 is 10.2 Å². The average molecular weight is 285 g/mol. The highest BCUT2D eigenvalue weighted by atomic mass is 16.3. The van der Waals surface area contributed by atoms with Crippen molar-refractivity contribution in [2.45, 2.75) is 58.4 Å². The summed E-state index contributed by atoms with van der Waals surface area (Å²) in [5, 5.41) is 1.18. The lowest BCUT2D eigenvalue weighted by molar-refractivity contribution is 0.223. The second-order valence-corrected chi connectivity index (χ2v) is 6.74. The molecule has 1 unspecified atom stereocenters. The zero-order valence-corrected chi connectivity index (χ0v) is 13.3. The Kier molecular flexibility index (Phi) is 4.34. The van der Waals surface area contributed by atoms with Crippen molar-refractivity contribution in [2.24, 2.45) is 17.6 Å². The maximum atomic E-state index is 6.51. The van der Waals surface area contributed by atoms with E-state index < -0.39 is 0 Å². The van der Waals surface area contributed by atoms with E-state index in [2.05, 4.69) is 38.1 Å². The van der Waals surface area contributed by atoms with Gasteiger partial charge in [0.05, 0.1) is 6.04 Å². The fourth-order valence-electron chi connectivity index (χ4n) is 3.87. The third-order valence-corrected chi connectivity index (χ3v) is 5.18. The molecule has 0 spiro atoms. The zero-order chi connectivity index (χ0) is 14.8. The topological polar surface area (TPSA) is 39.2 Å². The van der Waals surface area contributed by atoms with Crippen LogP contribution < -0.4 is 5.73 Å². The van der Waals surface area contributed by atoms with E-state index in [4.69, 9.17) is 10.2 Å². The molecule has 2 nitrogen and oxygen atoms in total. The quantitative estimate of drug-likeness (QED) is 0.822. The van der Waals surface area contributed by atoms with E-state index in [9.17, 15) is 0 Å². The van der Waals surface area contributed by atoms with Gasteiger partial charge in [0.25, 0.3) is 0 Å². The van der Waals surface area contributed by atoms with E-state index in [1.807, 2.05) is 0 Å². The second-order valence-electron chi connectivity index (χ2n) is 6.74. The Morgan fingerprint density at radius 1 is 1.24 bits per heavy atom. The molecule has 1 aromatic heterocycles. The SMILES string of the molecule is CCCC1CCC(C(N)c2cc3cccc(C)c3o2)CC1. The number of rotatable bonds is 4. The lowest BCUT2D eigenvalue weighted by Gasteiger charge is -2.31. The predicted octanol–water partition coefficient (Wildman–Crippen LogP) is 5.35. The minimum Gasteiger partial charge on any atom is -0.459 e.